The lowest BCUT2D eigenvalue weighted by Crippen LogP contribution is -2.53. The van der Waals surface area contributed by atoms with Crippen LogP contribution in [0.25, 0.3) is 0 Å². The summed E-state index contributed by atoms with van der Waals surface area (Å²) in [5.41, 5.74) is -3.34. The molecule has 9 heteroatoms. The fourth-order valence-electron chi connectivity index (χ4n) is 3.94. The van der Waals surface area contributed by atoms with E-state index in [1.807, 2.05) is 0 Å². The Balaban J connectivity index is 1.96. The predicted octanol–water partition coefficient (Wildman–Crippen LogP) is 1.49. The number of rotatable bonds is 4. The van der Waals surface area contributed by atoms with Crippen molar-refractivity contribution in [3.63, 3.8) is 0 Å². The summed E-state index contributed by atoms with van der Waals surface area (Å²) in [4.78, 5) is 13.1. The van der Waals surface area contributed by atoms with Crippen molar-refractivity contribution in [2.45, 2.75) is 67.0 Å². The molecule has 0 spiro atoms. The van der Waals surface area contributed by atoms with Crippen molar-refractivity contribution in [1.29, 1.82) is 0 Å². The van der Waals surface area contributed by atoms with Crippen molar-refractivity contribution < 1.29 is 32.0 Å². The number of ether oxygens (including phenoxy) is 2. The third-order valence-corrected chi connectivity index (χ3v) is 8.53. The van der Waals surface area contributed by atoms with Crippen LogP contribution in [0, 0.1) is 37.0 Å². The molecule has 2 heterocycles. The summed E-state index contributed by atoms with van der Waals surface area (Å²) >= 11 is 0. The topological polar surface area (TPSA) is 88.1 Å². The number of sulfone groups is 1. The molecule has 0 radical (unpaired) electrons. The van der Waals surface area contributed by atoms with Gasteiger partial charge in [-0.25, -0.2) is 8.42 Å². The molecule has 2 aliphatic heterocycles. The van der Waals surface area contributed by atoms with E-state index in [0.717, 1.165) is 0 Å². The summed E-state index contributed by atoms with van der Waals surface area (Å²) in [7, 11) is -5.14. The Bertz CT molecular complexity index is 1170. The summed E-state index contributed by atoms with van der Waals surface area (Å²) in [5, 5.41) is 0. The molecule has 0 saturated carbocycles. The van der Waals surface area contributed by atoms with E-state index >= 15 is 0 Å². The van der Waals surface area contributed by atoms with E-state index < -0.39 is 44.5 Å². The summed E-state index contributed by atoms with van der Waals surface area (Å²) in [5.74, 6) is 6.47. The van der Waals surface area contributed by atoms with Crippen molar-refractivity contribution in [2.75, 3.05) is 13.2 Å². The number of carbonyl (C=O) groups excluding carboxylic acids is 1. The van der Waals surface area contributed by atoms with Crippen LogP contribution in [0.15, 0.2) is 29.2 Å². The molecule has 34 heavy (non-hydrogen) atoms. The Hall–Kier alpha value is -2.74. The highest BCUT2D eigenvalue weighted by Gasteiger charge is 2.59. The van der Waals surface area contributed by atoms with E-state index in [1.165, 1.54) is 24.3 Å². The molecule has 0 aliphatic carbocycles. The van der Waals surface area contributed by atoms with Crippen molar-refractivity contribution in [3.8, 4) is 37.0 Å². The maximum absolute atomic E-state index is 13.7. The minimum Gasteiger partial charge on any atom is -0.459 e. The summed E-state index contributed by atoms with van der Waals surface area (Å²) in [6.07, 6.45) is 16.8. The number of esters is 1. The molecule has 2 saturated heterocycles. The van der Waals surface area contributed by atoms with Gasteiger partial charge in [0.2, 0.25) is 5.60 Å². The third kappa shape index (κ3) is 4.13. The molecule has 2 fully saturated rings. The number of hydrogen-bond donors (Lipinski definition) is 0. The third-order valence-electron chi connectivity index (χ3n) is 6.03. The van der Waals surface area contributed by atoms with E-state index in [4.69, 9.17) is 38.1 Å². The fourth-order valence-corrected chi connectivity index (χ4v) is 5.85. The van der Waals surface area contributed by atoms with Crippen molar-refractivity contribution in [3.05, 3.63) is 24.3 Å². The minimum absolute atomic E-state index is 0.00573. The maximum Gasteiger partial charge on any atom is 0.497 e. The number of carbonyl (C=O) groups is 1. The van der Waals surface area contributed by atoms with Crippen molar-refractivity contribution >= 4 is 28.4 Å². The first-order valence-corrected chi connectivity index (χ1v) is 12.2. The first-order chi connectivity index (χ1) is 15.8. The average molecular weight is 482 g/mol. The highest BCUT2D eigenvalue weighted by molar-refractivity contribution is 7.93. The number of hydrogen-bond acceptors (Lipinski definition) is 7. The van der Waals surface area contributed by atoms with Gasteiger partial charge in [0.05, 0.1) is 4.90 Å². The number of terminal acetylenes is 3. The van der Waals surface area contributed by atoms with Crippen LogP contribution in [0.1, 0.15) is 40.5 Å². The van der Waals surface area contributed by atoms with Crippen LogP contribution in [0.2, 0.25) is 0 Å². The van der Waals surface area contributed by atoms with Crippen LogP contribution in [0.4, 0.5) is 0 Å². The molecule has 0 amide bonds. The highest BCUT2D eigenvalue weighted by atomic mass is 32.2. The van der Waals surface area contributed by atoms with Gasteiger partial charge in [0.15, 0.2) is 20.2 Å². The van der Waals surface area contributed by atoms with Gasteiger partial charge in [-0.3, -0.25) is 4.79 Å². The Kier molecular flexibility index (Phi) is 6.70. The smallest absolute Gasteiger partial charge is 0.459 e. The van der Waals surface area contributed by atoms with E-state index in [-0.39, 0.29) is 31.0 Å². The van der Waals surface area contributed by atoms with Gasteiger partial charge in [0.25, 0.3) is 0 Å². The molecule has 3 rings (SSSR count). The zero-order valence-electron chi connectivity index (χ0n) is 19.7. The standard InChI is InChI=1S/C25H27BO7S/c1-8-23(7)25(9-2,10-3)33-26(32-23)19-11-13-20(14-12-19)34(28,29)24(15-17-30-18-16-24)21(27)31-22(4,5)6/h1-3,11-14H,15-18H2,4-7H3. The maximum atomic E-state index is 13.7. The zero-order valence-corrected chi connectivity index (χ0v) is 20.5. The monoisotopic (exact) mass is 482 g/mol. The van der Waals surface area contributed by atoms with Gasteiger partial charge in [-0.15, -0.1) is 19.3 Å². The average Bonchev–Trinajstić information content (AvgIpc) is 3.11. The van der Waals surface area contributed by atoms with Crippen LogP contribution in [0.5, 0.6) is 0 Å². The quantitative estimate of drug-likeness (QED) is 0.365. The molecule has 2 aliphatic rings. The molecule has 1 aromatic rings. The van der Waals surface area contributed by atoms with Crippen LogP contribution in [-0.4, -0.2) is 56.3 Å². The van der Waals surface area contributed by atoms with Gasteiger partial charge in [0.1, 0.15) is 5.60 Å². The van der Waals surface area contributed by atoms with Gasteiger partial charge in [-0.2, -0.15) is 0 Å². The van der Waals surface area contributed by atoms with E-state index in [1.54, 1.807) is 27.7 Å². The van der Waals surface area contributed by atoms with Gasteiger partial charge < -0.3 is 18.8 Å². The second-order valence-corrected chi connectivity index (χ2v) is 11.7. The lowest BCUT2D eigenvalue weighted by molar-refractivity contribution is -0.160. The molecule has 1 aromatic carbocycles. The number of benzene rings is 1. The Labute approximate surface area is 201 Å². The Morgan fingerprint density at radius 2 is 1.59 bits per heavy atom. The molecular weight excluding hydrogens is 455 g/mol. The largest absolute Gasteiger partial charge is 0.497 e. The minimum atomic E-state index is -4.13. The van der Waals surface area contributed by atoms with Crippen LogP contribution >= 0.6 is 0 Å². The normalized spacial score (nSPS) is 23.9. The van der Waals surface area contributed by atoms with Crippen LogP contribution < -0.4 is 5.46 Å². The van der Waals surface area contributed by atoms with Gasteiger partial charge in [0, 0.05) is 26.1 Å². The predicted molar refractivity (Wildman–Crippen MR) is 127 cm³/mol. The van der Waals surface area contributed by atoms with Gasteiger partial charge in [-0.05, 0) is 45.3 Å². The molecule has 7 nitrogen and oxygen atoms in total. The molecule has 0 bridgehead atoms. The molecule has 1 atom stereocenters. The SMILES string of the molecule is C#CC1(C)OB(c2ccc(S(=O)(=O)C3(C(=O)OC(C)(C)C)CCOCC3)cc2)OC1(C#C)C#C. The Morgan fingerprint density at radius 1 is 1.03 bits per heavy atom. The van der Waals surface area contributed by atoms with E-state index in [9.17, 15) is 13.2 Å². The lowest BCUT2D eigenvalue weighted by atomic mass is 9.79. The highest BCUT2D eigenvalue weighted by Crippen LogP contribution is 2.38. The Morgan fingerprint density at radius 3 is 2.03 bits per heavy atom. The molecule has 178 valence electrons. The van der Waals surface area contributed by atoms with Crippen molar-refractivity contribution in [1.82, 2.24) is 0 Å². The van der Waals surface area contributed by atoms with Gasteiger partial charge >= 0.3 is 13.1 Å². The summed E-state index contributed by atoms with van der Waals surface area (Å²) in [6.45, 7) is 6.89. The first kappa shape index (κ1) is 25.9. The van der Waals surface area contributed by atoms with Crippen molar-refractivity contribution in [2.24, 2.45) is 0 Å². The fraction of sp³-hybridized carbons (Fsp3) is 0.480. The second kappa shape index (κ2) is 8.80. The van der Waals surface area contributed by atoms with Crippen LogP contribution in [0.3, 0.4) is 0 Å². The molecule has 0 aromatic heterocycles. The van der Waals surface area contributed by atoms with E-state index in [2.05, 4.69) is 17.8 Å². The first-order valence-electron chi connectivity index (χ1n) is 10.7. The summed E-state index contributed by atoms with van der Waals surface area (Å²) < 4.78 is 48.2. The molecule has 0 N–H and O–H groups in total. The lowest BCUT2D eigenvalue weighted by Gasteiger charge is -2.36. The second-order valence-electron chi connectivity index (χ2n) is 9.40. The molecular formula is C25H27BO7S. The summed E-state index contributed by atoms with van der Waals surface area (Å²) in [6, 6.07) is 5.80. The van der Waals surface area contributed by atoms with Gasteiger partial charge in [-0.1, -0.05) is 29.9 Å². The van der Waals surface area contributed by atoms with Crippen LogP contribution in [-0.2, 0) is 33.4 Å². The molecule has 1 unspecified atom stereocenters. The zero-order chi connectivity index (χ0) is 25.4. The van der Waals surface area contributed by atoms with E-state index in [0.29, 0.717) is 5.46 Å².